The summed E-state index contributed by atoms with van der Waals surface area (Å²) in [4.78, 5) is 12.1. The maximum atomic E-state index is 12.9. The summed E-state index contributed by atoms with van der Waals surface area (Å²) in [5, 5.41) is 2.47. The molecule has 0 aromatic heterocycles. The van der Waals surface area contributed by atoms with Crippen molar-refractivity contribution in [1.82, 2.24) is 0 Å². The molecule has 1 amide bonds. The summed E-state index contributed by atoms with van der Waals surface area (Å²) in [6.07, 6.45) is -4.57. The van der Waals surface area contributed by atoms with Crippen LogP contribution < -0.4 is 5.32 Å². The number of anilines is 1. The average molecular weight is 358 g/mol. The number of carbonyl (C=O) groups is 1. The predicted molar refractivity (Wildman–Crippen MR) is 78.3 cm³/mol. The van der Waals surface area contributed by atoms with Crippen LogP contribution in [-0.4, -0.2) is 5.91 Å². The molecule has 0 spiro atoms. The fraction of sp³-hybridized carbons (Fsp3) is 0.133. The highest BCUT2D eigenvalue weighted by molar-refractivity contribution is 9.10. The van der Waals surface area contributed by atoms with Gasteiger partial charge in [-0.05, 0) is 36.8 Å². The highest BCUT2D eigenvalue weighted by Crippen LogP contribution is 2.32. The summed E-state index contributed by atoms with van der Waals surface area (Å²) in [5.74, 6) is -0.793. The molecule has 110 valence electrons. The van der Waals surface area contributed by atoms with E-state index >= 15 is 0 Å². The fourth-order valence-electron chi connectivity index (χ4n) is 1.80. The Morgan fingerprint density at radius 2 is 1.81 bits per heavy atom. The van der Waals surface area contributed by atoms with Crippen molar-refractivity contribution in [2.45, 2.75) is 13.1 Å². The van der Waals surface area contributed by atoms with Crippen molar-refractivity contribution in [2.24, 2.45) is 0 Å². The van der Waals surface area contributed by atoms with E-state index in [1.54, 1.807) is 18.2 Å². The van der Waals surface area contributed by atoms with Gasteiger partial charge in [-0.1, -0.05) is 34.1 Å². The van der Waals surface area contributed by atoms with E-state index in [-0.39, 0.29) is 0 Å². The maximum Gasteiger partial charge on any atom is 0.417 e. The van der Waals surface area contributed by atoms with E-state index in [2.05, 4.69) is 21.2 Å². The molecule has 2 aromatic rings. The van der Waals surface area contributed by atoms with Crippen molar-refractivity contribution in [3.63, 3.8) is 0 Å². The van der Waals surface area contributed by atoms with Crippen LogP contribution >= 0.6 is 15.9 Å². The Morgan fingerprint density at radius 1 is 1.14 bits per heavy atom. The van der Waals surface area contributed by atoms with Gasteiger partial charge in [0.2, 0.25) is 0 Å². The lowest BCUT2D eigenvalue weighted by atomic mass is 10.1. The predicted octanol–water partition coefficient (Wildman–Crippen LogP) is 5.03. The van der Waals surface area contributed by atoms with Crippen LogP contribution in [0.4, 0.5) is 18.9 Å². The number of hydrogen-bond donors (Lipinski definition) is 1. The lowest BCUT2D eigenvalue weighted by Gasteiger charge is -2.13. The van der Waals surface area contributed by atoms with Gasteiger partial charge in [-0.25, -0.2) is 0 Å². The van der Waals surface area contributed by atoms with Crippen LogP contribution in [0.1, 0.15) is 21.5 Å². The molecule has 1 N–H and O–H groups in total. The summed E-state index contributed by atoms with van der Waals surface area (Å²) in [7, 11) is 0. The fourth-order valence-corrected chi connectivity index (χ4v) is 2.18. The zero-order valence-electron chi connectivity index (χ0n) is 11.0. The largest absolute Gasteiger partial charge is 0.417 e. The molecule has 0 saturated carbocycles. The minimum atomic E-state index is -4.57. The second kappa shape index (κ2) is 5.89. The molecule has 2 rings (SSSR count). The van der Waals surface area contributed by atoms with E-state index in [4.69, 9.17) is 0 Å². The highest BCUT2D eigenvalue weighted by atomic mass is 79.9. The van der Waals surface area contributed by atoms with E-state index in [0.717, 1.165) is 22.2 Å². The third-order valence-electron chi connectivity index (χ3n) is 2.91. The van der Waals surface area contributed by atoms with Crippen LogP contribution in [0.15, 0.2) is 46.9 Å². The monoisotopic (exact) mass is 357 g/mol. The molecular formula is C15H11BrF3NO. The van der Waals surface area contributed by atoms with Crippen LogP contribution in [0.25, 0.3) is 0 Å². The Morgan fingerprint density at radius 3 is 2.43 bits per heavy atom. The van der Waals surface area contributed by atoms with Crippen molar-refractivity contribution in [3.05, 3.63) is 63.6 Å². The topological polar surface area (TPSA) is 29.1 Å². The Labute approximate surface area is 128 Å². The number of alkyl halides is 3. The first kappa shape index (κ1) is 15.6. The number of carbonyl (C=O) groups excluding carboxylic acids is 1. The standard InChI is InChI=1S/C15H11BrF3NO/c1-9-6-7-10(8-13(9)16)20-14(21)11-4-2-3-5-12(11)15(17,18)19/h2-8H,1H3,(H,20,21). The van der Waals surface area contributed by atoms with Gasteiger partial charge in [-0.15, -0.1) is 0 Å². The molecule has 0 bridgehead atoms. The molecule has 0 saturated heterocycles. The molecule has 0 unspecified atom stereocenters. The molecular weight excluding hydrogens is 347 g/mol. The Kier molecular flexibility index (Phi) is 4.37. The van der Waals surface area contributed by atoms with Crippen LogP contribution in [-0.2, 0) is 6.18 Å². The van der Waals surface area contributed by atoms with Crippen LogP contribution in [0.3, 0.4) is 0 Å². The zero-order chi connectivity index (χ0) is 15.6. The Balaban J connectivity index is 2.31. The van der Waals surface area contributed by atoms with Gasteiger partial charge >= 0.3 is 6.18 Å². The minimum absolute atomic E-state index is 0.401. The van der Waals surface area contributed by atoms with E-state index in [0.29, 0.717) is 5.69 Å². The zero-order valence-corrected chi connectivity index (χ0v) is 12.5. The first-order valence-corrected chi connectivity index (χ1v) is 6.82. The van der Waals surface area contributed by atoms with Crippen molar-refractivity contribution in [2.75, 3.05) is 5.32 Å². The SMILES string of the molecule is Cc1ccc(NC(=O)c2ccccc2C(F)(F)F)cc1Br. The van der Waals surface area contributed by atoms with Gasteiger partial charge in [0, 0.05) is 10.2 Å². The van der Waals surface area contributed by atoms with Gasteiger partial charge < -0.3 is 5.32 Å². The molecule has 6 heteroatoms. The Hall–Kier alpha value is -1.82. The number of benzene rings is 2. The summed E-state index contributed by atoms with van der Waals surface area (Å²) < 4.78 is 39.4. The summed E-state index contributed by atoms with van der Waals surface area (Å²) in [6.45, 7) is 1.87. The van der Waals surface area contributed by atoms with E-state index in [9.17, 15) is 18.0 Å². The molecule has 0 heterocycles. The molecule has 0 aliphatic carbocycles. The van der Waals surface area contributed by atoms with Gasteiger partial charge in [-0.2, -0.15) is 13.2 Å². The molecule has 0 aliphatic heterocycles. The molecule has 0 aliphatic rings. The van der Waals surface area contributed by atoms with Gasteiger partial charge in [0.1, 0.15) is 0 Å². The number of rotatable bonds is 2. The minimum Gasteiger partial charge on any atom is -0.322 e. The van der Waals surface area contributed by atoms with Crippen molar-refractivity contribution in [1.29, 1.82) is 0 Å². The smallest absolute Gasteiger partial charge is 0.322 e. The lowest BCUT2D eigenvalue weighted by Crippen LogP contribution is -2.18. The van der Waals surface area contributed by atoms with E-state index in [1.807, 2.05) is 6.92 Å². The number of amides is 1. The van der Waals surface area contributed by atoms with E-state index in [1.165, 1.54) is 12.1 Å². The highest BCUT2D eigenvalue weighted by Gasteiger charge is 2.34. The quantitative estimate of drug-likeness (QED) is 0.802. The first-order chi connectivity index (χ1) is 9.79. The molecule has 0 radical (unpaired) electrons. The Bertz CT molecular complexity index is 683. The third kappa shape index (κ3) is 3.64. The summed E-state index contributed by atoms with van der Waals surface area (Å²) >= 11 is 3.31. The van der Waals surface area contributed by atoms with E-state index < -0.39 is 23.2 Å². The van der Waals surface area contributed by atoms with Crippen LogP contribution in [0.5, 0.6) is 0 Å². The number of nitrogens with one attached hydrogen (secondary N) is 1. The second-order valence-corrected chi connectivity index (χ2v) is 5.32. The number of halogens is 4. The molecule has 2 nitrogen and oxygen atoms in total. The molecule has 2 aromatic carbocycles. The summed E-state index contributed by atoms with van der Waals surface area (Å²) in [5.41, 5.74) is 0.0357. The maximum absolute atomic E-state index is 12.9. The van der Waals surface area contributed by atoms with Gasteiger partial charge in [0.25, 0.3) is 5.91 Å². The van der Waals surface area contributed by atoms with Gasteiger partial charge in [0.15, 0.2) is 0 Å². The van der Waals surface area contributed by atoms with Crippen molar-refractivity contribution >= 4 is 27.5 Å². The second-order valence-electron chi connectivity index (χ2n) is 4.46. The summed E-state index contributed by atoms with van der Waals surface area (Å²) in [6, 6.07) is 9.73. The van der Waals surface area contributed by atoms with Crippen LogP contribution in [0, 0.1) is 6.92 Å². The van der Waals surface area contributed by atoms with Crippen molar-refractivity contribution in [3.8, 4) is 0 Å². The number of hydrogen-bond acceptors (Lipinski definition) is 1. The van der Waals surface area contributed by atoms with Crippen molar-refractivity contribution < 1.29 is 18.0 Å². The normalized spacial score (nSPS) is 11.3. The number of aryl methyl sites for hydroxylation is 1. The van der Waals surface area contributed by atoms with Gasteiger partial charge in [0.05, 0.1) is 11.1 Å². The van der Waals surface area contributed by atoms with Gasteiger partial charge in [-0.3, -0.25) is 4.79 Å². The lowest BCUT2D eigenvalue weighted by molar-refractivity contribution is -0.137. The molecule has 0 fully saturated rings. The van der Waals surface area contributed by atoms with Crippen LogP contribution in [0.2, 0.25) is 0 Å². The first-order valence-electron chi connectivity index (χ1n) is 6.03. The molecule has 21 heavy (non-hydrogen) atoms. The molecule has 0 atom stereocenters. The average Bonchev–Trinajstić information content (AvgIpc) is 2.42. The third-order valence-corrected chi connectivity index (χ3v) is 3.76.